The van der Waals surface area contributed by atoms with E-state index in [0.717, 1.165) is 18.4 Å². The second kappa shape index (κ2) is 16.2. The standard InChI is InChI=1S/C31H39N7O6.ClH/c1-42-24-9-8-22-14-25(24)43-19-27(40)34-13-12-32-10-3-5-26(39)36-20-31(16-22,15-21-6-7-21)30(41)35-18-28-37-29(38-44-28)23-4-2-11-33-17-23;/h2,4,8-9,11,14,17,21,32H,3,5-7,10,12-13,15-16,18-20H2,1H3,(H,34,40)(H,35,41)(H,36,39);1H. The number of fused-ring (bicyclic) bond motifs is 2. The number of carbonyl (C=O) groups excluding carboxylic acids is 3. The number of amides is 3. The molecule has 3 amide bonds. The van der Waals surface area contributed by atoms with E-state index in [9.17, 15) is 14.4 Å². The van der Waals surface area contributed by atoms with Gasteiger partial charge in [-0.05, 0) is 61.6 Å². The van der Waals surface area contributed by atoms with E-state index in [4.69, 9.17) is 14.0 Å². The number of aromatic nitrogens is 3. The van der Waals surface area contributed by atoms with Gasteiger partial charge in [-0.3, -0.25) is 19.4 Å². The number of rotatable bonds is 7. The number of benzene rings is 1. The molecule has 45 heavy (non-hydrogen) atoms. The van der Waals surface area contributed by atoms with E-state index in [0.29, 0.717) is 74.1 Å². The van der Waals surface area contributed by atoms with Crippen LogP contribution in [0.5, 0.6) is 11.5 Å². The number of ether oxygens (including phenoxy) is 2. The highest BCUT2D eigenvalue weighted by atomic mass is 35.5. The predicted molar refractivity (Wildman–Crippen MR) is 167 cm³/mol. The van der Waals surface area contributed by atoms with Gasteiger partial charge in [0.15, 0.2) is 18.1 Å². The van der Waals surface area contributed by atoms with Crippen LogP contribution in [0.3, 0.4) is 0 Å². The van der Waals surface area contributed by atoms with E-state index in [1.165, 1.54) is 7.11 Å². The van der Waals surface area contributed by atoms with Crippen molar-refractivity contribution >= 4 is 30.1 Å². The van der Waals surface area contributed by atoms with E-state index in [2.05, 4.69) is 36.4 Å². The smallest absolute Gasteiger partial charge is 0.257 e. The first kappa shape index (κ1) is 33.7. The normalized spacial score (nSPS) is 19.8. The van der Waals surface area contributed by atoms with Crippen molar-refractivity contribution in [2.45, 2.75) is 45.1 Å². The second-order valence-corrected chi connectivity index (χ2v) is 11.3. The zero-order valence-electron chi connectivity index (χ0n) is 25.3. The van der Waals surface area contributed by atoms with Crippen molar-refractivity contribution in [2.24, 2.45) is 11.3 Å². The van der Waals surface area contributed by atoms with Gasteiger partial charge < -0.3 is 35.3 Å². The van der Waals surface area contributed by atoms with Gasteiger partial charge in [-0.1, -0.05) is 24.1 Å². The molecule has 242 valence electrons. The third-order valence-corrected chi connectivity index (χ3v) is 7.78. The third-order valence-electron chi connectivity index (χ3n) is 7.78. The number of methoxy groups -OCH3 is 1. The van der Waals surface area contributed by atoms with Gasteiger partial charge in [0.25, 0.3) is 5.91 Å². The van der Waals surface area contributed by atoms with Crippen molar-refractivity contribution < 1.29 is 28.4 Å². The van der Waals surface area contributed by atoms with Crippen LogP contribution in [-0.2, 0) is 27.3 Å². The molecule has 2 aliphatic rings. The van der Waals surface area contributed by atoms with Crippen molar-refractivity contribution in [1.82, 2.24) is 36.4 Å². The first-order valence-corrected chi connectivity index (χ1v) is 15.0. The molecular formula is C31H40ClN7O6. The van der Waals surface area contributed by atoms with E-state index in [1.54, 1.807) is 30.6 Å². The van der Waals surface area contributed by atoms with Crippen molar-refractivity contribution in [2.75, 3.05) is 39.9 Å². The summed E-state index contributed by atoms with van der Waals surface area (Å²) in [5.41, 5.74) is 0.555. The molecule has 4 N–H and O–H groups in total. The van der Waals surface area contributed by atoms with Gasteiger partial charge in [-0.25, -0.2) is 0 Å². The van der Waals surface area contributed by atoms with Crippen LogP contribution in [0.1, 0.15) is 43.6 Å². The Bertz CT molecular complexity index is 1430. The maximum Gasteiger partial charge on any atom is 0.257 e. The summed E-state index contributed by atoms with van der Waals surface area (Å²) in [6.45, 7) is 1.66. The molecule has 3 heterocycles. The SMILES string of the molecule is COc1ccc2cc1OCC(=O)NCCNCCCC(=O)NCC(CC1CC1)(C(=O)NCc1nc(-c3cccnc3)no1)C2.Cl. The van der Waals surface area contributed by atoms with Crippen LogP contribution in [0, 0.1) is 11.3 Å². The lowest BCUT2D eigenvalue weighted by atomic mass is 9.75. The minimum Gasteiger partial charge on any atom is -0.493 e. The fourth-order valence-corrected chi connectivity index (χ4v) is 5.29. The van der Waals surface area contributed by atoms with Crippen LogP contribution in [-0.4, -0.2) is 72.7 Å². The van der Waals surface area contributed by atoms with E-state index < -0.39 is 5.41 Å². The fourth-order valence-electron chi connectivity index (χ4n) is 5.29. The molecule has 1 fully saturated rings. The minimum absolute atomic E-state index is 0. The average Bonchev–Trinajstić information content (AvgIpc) is 3.73. The van der Waals surface area contributed by atoms with E-state index in [1.807, 2.05) is 12.1 Å². The number of halogens is 1. The highest BCUT2D eigenvalue weighted by Gasteiger charge is 2.43. The summed E-state index contributed by atoms with van der Waals surface area (Å²) in [4.78, 5) is 47.9. The molecule has 1 saturated carbocycles. The summed E-state index contributed by atoms with van der Waals surface area (Å²) in [7, 11) is 1.53. The van der Waals surface area contributed by atoms with Gasteiger partial charge in [0.2, 0.25) is 23.5 Å². The van der Waals surface area contributed by atoms with Crippen LogP contribution < -0.4 is 30.7 Å². The Balaban J connectivity index is 0.00000461. The molecule has 1 unspecified atom stereocenters. The second-order valence-electron chi connectivity index (χ2n) is 11.3. The molecule has 1 aliphatic carbocycles. The molecular weight excluding hydrogens is 602 g/mol. The van der Waals surface area contributed by atoms with Gasteiger partial charge >= 0.3 is 0 Å². The number of pyridine rings is 1. The number of hydrogen-bond acceptors (Lipinski definition) is 10. The highest BCUT2D eigenvalue weighted by Crippen LogP contribution is 2.43. The van der Waals surface area contributed by atoms with Gasteiger partial charge in [0.1, 0.15) is 0 Å². The monoisotopic (exact) mass is 641 g/mol. The van der Waals surface area contributed by atoms with Crippen molar-refractivity contribution in [3.63, 3.8) is 0 Å². The molecule has 1 aromatic carbocycles. The van der Waals surface area contributed by atoms with Crippen molar-refractivity contribution in [3.8, 4) is 22.9 Å². The lowest BCUT2D eigenvalue weighted by molar-refractivity contribution is -0.132. The number of nitrogens with zero attached hydrogens (tertiary/aromatic N) is 3. The van der Waals surface area contributed by atoms with Crippen molar-refractivity contribution in [1.29, 1.82) is 0 Å². The largest absolute Gasteiger partial charge is 0.493 e. The molecule has 3 aromatic rings. The molecule has 0 spiro atoms. The number of nitrogens with one attached hydrogen (secondary N) is 4. The Morgan fingerprint density at radius 1 is 1.13 bits per heavy atom. The molecule has 1 aliphatic heterocycles. The number of carbonyl (C=O) groups is 3. The predicted octanol–water partition coefficient (Wildman–Crippen LogP) is 2.20. The number of hydrogen-bond donors (Lipinski definition) is 4. The maximum atomic E-state index is 14.1. The average molecular weight is 642 g/mol. The topological polar surface area (TPSA) is 170 Å². The minimum atomic E-state index is -0.962. The zero-order chi connectivity index (χ0) is 30.8. The Morgan fingerprint density at radius 2 is 2.00 bits per heavy atom. The molecule has 2 aromatic heterocycles. The molecule has 1 atom stereocenters. The Kier molecular flexibility index (Phi) is 12.1. The lowest BCUT2D eigenvalue weighted by Crippen LogP contribution is -2.50. The molecule has 2 bridgehead atoms. The molecule has 14 heteroatoms. The summed E-state index contributed by atoms with van der Waals surface area (Å²) in [5, 5.41) is 16.1. The van der Waals surface area contributed by atoms with Crippen LogP contribution in [0.2, 0.25) is 0 Å². The van der Waals surface area contributed by atoms with E-state index >= 15 is 0 Å². The summed E-state index contributed by atoms with van der Waals surface area (Å²) in [5.74, 6) is 1.29. The van der Waals surface area contributed by atoms with Crippen LogP contribution in [0.4, 0.5) is 0 Å². The Morgan fingerprint density at radius 3 is 2.78 bits per heavy atom. The third kappa shape index (κ3) is 9.63. The van der Waals surface area contributed by atoms with Crippen LogP contribution >= 0.6 is 12.4 Å². The van der Waals surface area contributed by atoms with Crippen LogP contribution in [0.25, 0.3) is 11.4 Å². The summed E-state index contributed by atoms with van der Waals surface area (Å²) >= 11 is 0. The molecule has 5 rings (SSSR count). The zero-order valence-corrected chi connectivity index (χ0v) is 26.1. The van der Waals surface area contributed by atoms with Gasteiger partial charge in [-0.2, -0.15) is 4.98 Å². The molecule has 0 saturated heterocycles. The Hall–Kier alpha value is -4.23. The maximum absolute atomic E-state index is 14.1. The van der Waals surface area contributed by atoms with E-state index in [-0.39, 0.29) is 55.7 Å². The first-order valence-electron chi connectivity index (χ1n) is 15.0. The van der Waals surface area contributed by atoms with Gasteiger partial charge in [-0.15, -0.1) is 12.4 Å². The first-order chi connectivity index (χ1) is 21.4. The molecule has 0 radical (unpaired) electrons. The van der Waals surface area contributed by atoms with Crippen LogP contribution in [0.15, 0.2) is 47.2 Å². The fraction of sp³-hybridized carbons (Fsp3) is 0.484. The highest BCUT2D eigenvalue weighted by molar-refractivity contribution is 5.85. The summed E-state index contributed by atoms with van der Waals surface area (Å²) < 4.78 is 16.7. The summed E-state index contributed by atoms with van der Waals surface area (Å²) in [6, 6.07) is 9.05. The lowest BCUT2D eigenvalue weighted by Gasteiger charge is -2.33. The van der Waals surface area contributed by atoms with Crippen molar-refractivity contribution in [3.05, 3.63) is 54.2 Å². The van der Waals surface area contributed by atoms with Gasteiger partial charge in [0.05, 0.1) is 19.1 Å². The Labute approximate surface area is 268 Å². The molecule has 13 nitrogen and oxygen atoms in total. The summed E-state index contributed by atoms with van der Waals surface area (Å²) in [6.07, 6.45) is 7.22. The van der Waals surface area contributed by atoms with Gasteiger partial charge in [0, 0.05) is 44.0 Å². The quantitative estimate of drug-likeness (QED) is 0.300.